The Morgan fingerprint density at radius 1 is 1.17 bits per heavy atom. The molecule has 0 saturated carbocycles. The molecule has 2 aromatic heterocycles. The third-order valence-corrected chi connectivity index (χ3v) is 5.43. The molecule has 0 spiro atoms. The van der Waals surface area contributed by atoms with E-state index in [-0.39, 0.29) is 17.1 Å². The minimum Gasteiger partial charge on any atom is -0.444 e. The molecular formula is C21H24FN5O3. The number of benzene rings is 1. The number of nitrogens with zero attached hydrogens (tertiary/aromatic N) is 4. The first-order chi connectivity index (χ1) is 14.5. The van der Waals surface area contributed by atoms with E-state index >= 15 is 0 Å². The average Bonchev–Trinajstić information content (AvgIpc) is 3.29. The minimum absolute atomic E-state index is 0.237. The van der Waals surface area contributed by atoms with Crippen molar-refractivity contribution in [1.29, 1.82) is 0 Å². The Hall–Kier alpha value is -3.20. The maximum absolute atomic E-state index is 13.8. The summed E-state index contributed by atoms with van der Waals surface area (Å²) in [7, 11) is 0. The molecule has 3 heterocycles. The van der Waals surface area contributed by atoms with Crippen LogP contribution in [0.1, 0.15) is 12.0 Å². The van der Waals surface area contributed by atoms with E-state index in [9.17, 15) is 14.0 Å². The van der Waals surface area contributed by atoms with E-state index in [1.165, 1.54) is 29.2 Å². The number of anilines is 1. The van der Waals surface area contributed by atoms with E-state index in [1.54, 1.807) is 19.2 Å². The zero-order chi connectivity index (χ0) is 21.1. The van der Waals surface area contributed by atoms with Crippen LogP contribution in [0.5, 0.6) is 0 Å². The first kappa shape index (κ1) is 20.1. The zero-order valence-corrected chi connectivity index (χ0v) is 16.8. The summed E-state index contributed by atoms with van der Waals surface area (Å²) in [6, 6.07) is 4.66. The van der Waals surface area contributed by atoms with E-state index < -0.39 is 0 Å². The van der Waals surface area contributed by atoms with E-state index in [0.29, 0.717) is 30.0 Å². The number of oxazole rings is 1. The van der Waals surface area contributed by atoms with Crippen molar-refractivity contribution >= 4 is 5.69 Å². The monoisotopic (exact) mass is 413 g/mol. The van der Waals surface area contributed by atoms with E-state index in [2.05, 4.69) is 19.8 Å². The average molecular weight is 413 g/mol. The molecule has 1 saturated heterocycles. The molecule has 0 amide bonds. The third kappa shape index (κ3) is 4.20. The molecule has 1 aliphatic rings. The first-order valence-corrected chi connectivity index (χ1v) is 9.99. The molecular weight excluding hydrogens is 389 g/mol. The quantitative estimate of drug-likeness (QED) is 0.664. The largest absolute Gasteiger partial charge is 0.444 e. The van der Waals surface area contributed by atoms with Crippen LogP contribution in [-0.4, -0.2) is 52.2 Å². The summed E-state index contributed by atoms with van der Waals surface area (Å²) in [5.74, 6) is 0.0766. The second-order valence-electron chi connectivity index (χ2n) is 7.41. The van der Waals surface area contributed by atoms with Gasteiger partial charge in [0.2, 0.25) is 5.89 Å². The highest BCUT2D eigenvalue weighted by Gasteiger charge is 2.21. The summed E-state index contributed by atoms with van der Waals surface area (Å²) in [5, 5.41) is 0. The molecule has 30 heavy (non-hydrogen) atoms. The predicted molar refractivity (Wildman–Crippen MR) is 111 cm³/mol. The van der Waals surface area contributed by atoms with Crippen molar-refractivity contribution in [3.8, 4) is 11.5 Å². The van der Waals surface area contributed by atoms with Crippen LogP contribution in [0, 0.1) is 12.7 Å². The second-order valence-corrected chi connectivity index (χ2v) is 7.41. The van der Waals surface area contributed by atoms with Crippen LogP contribution in [0.2, 0.25) is 0 Å². The van der Waals surface area contributed by atoms with Crippen molar-refractivity contribution in [1.82, 2.24) is 19.4 Å². The highest BCUT2D eigenvalue weighted by Crippen LogP contribution is 2.31. The van der Waals surface area contributed by atoms with Crippen molar-refractivity contribution < 1.29 is 8.81 Å². The van der Waals surface area contributed by atoms with Crippen molar-refractivity contribution in [2.45, 2.75) is 19.9 Å². The van der Waals surface area contributed by atoms with Gasteiger partial charge >= 0.3 is 5.69 Å². The number of H-pyrrole nitrogens is 1. The summed E-state index contributed by atoms with van der Waals surface area (Å²) in [6.07, 6.45) is 5.19. The summed E-state index contributed by atoms with van der Waals surface area (Å²) in [6.45, 7) is 6.11. The third-order valence-electron chi connectivity index (χ3n) is 5.43. The van der Waals surface area contributed by atoms with Gasteiger partial charge in [0.05, 0.1) is 11.8 Å². The van der Waals surface area contributed by atoms with Crippen LogP contribution < -0.4 is 16.1 Å². The van der Waals surface area contributed by atoms with Gasteiger partial charge in [0.25, 0.3) is 5.56 Å². The summed E-state index contributed by atoms with van der Waals surface area (Å²) >= 11 is 0. The zero-order valence-electron chi connectivity index (χ0n) is 16.8. The lowest BCUT2D eigenvalue weighted by molar-refractivity contribution is 0.249. The smallest absolute Gasteiger partial charge is 0.328 e. The van der Waals surface area contributed by atoms with Crippen molar-refractivity contribution in [2.75, 3.05) is 37.6 Å². The van der Waals surface area contributed by atoms with Crippen LogP contribution in [0.3, 0.4) is 0 Å². The molecule has 8 nitrogen and oxygen atoms in total. The molecule has 0 aliphatic carbocycles. The second kappa shape index (κ2) is 8.66. The maximum Gasteiger partial charge on any atom is 0.328 e. The highest BCUT2D eigenvalue weighted by molar-refractivity contribution is 5.73. The predicted octanol–water partition coefficient (Wildman–Crippen LogP) is 1.85. The van der Waals surface area contributed by atoms with Crippen molar-refractivity contribution in [3.05, 3.63) is 69.1 Å². The molecule has 1 N–H and O–H groups in total. The van der Waals surface area contributed by atoms with Crippen LogP contribution in [-0.2, 0) is 6.54 Å². The number of rotatable bonds is 6. The van der Waals surface area contributed by atoms with Gasteiger partial charge in [-0.05, 0) is 38.1 Å². The minimum atomic E-state index is -0.370. The van der Waals surface area contributed by atoms with E-state index in [1.807, 2.05) is 0 Å². The lowest BCUT2D eigenvalue weighted by Crippen LogP contribution is -2.47. The fourth-order valence-corrected chi connectivity index (χ4v) is 3.79. The van der Waals surface area contributed by atoms with Gasteiger partial charge in [0.1, 0.15) is 12.1 Å². The molecule has 4 rings (SSSR count). The van der Waals surface area contributed by atoms with E-state index in [0.717, 1.165) is 38.4 Å². The van der Waals surface area contributed by atoms with E-state index in [4.69, 9.17) is 4.42 Å². The lowest BCUT2D eigenvalue weighted by Gasteiger charge is -2.36. The number of halogens is 1. The van der Waals surface area contributed by atoms with Crippen LogP contribution in [0.25, 0.3) is 11.5 Å². The van der Waals surface area contributed by atoms with Gasteiger partial charge in [-0.1, -0.05) is 0 Å². The summed E-state index contributed by atoms with van der Waals surface area (Å²) in [4.78, 5) is 35.2. The Kier molecular flexibility index (Phi) is 5.80. The number of hydrogen-bond donors (Lipinski definition) is 1. The number of aromatic amines is 1. The van der Waals surface area contributed by atoms with Gasteiger partial charge in [-0.15, -0.1) is 0 Å². The SMILES string of the molecule is Cc1c[nH]c(=O)n(CCCN2CCN(c3ccc(F)cc3-c3ncco3)CC2)c1=O. The molecule has 1 aromatic carbocycles. The molecule has 1 aliphatic heterocycles. The number of nitrogens with one attached hydrogen (secondary N) is 1. The van der Waals surface area contributed by atoms with Crippen LogP contribution in [0.4, 0.5) is 10.1 Å². The number of aromatic nitrogens is 3. The Morgan fingerprint density at radius 2 is 1.97 bits per heavy atom. The van der Waals surface area contributed by atoms with Gasteiger partial charge < -0.3 is 14.3 Å². The summed E-state index contributed by atoms with van der Waals surface area (Å²) in [5.41, 5.74) is 1.47. The van der Waals surface area contributed by atoms with Gasteiger partial charge in [0, 0.05) is 50.2 Å². The van der Waals surface area contributed by atoms with Gasteiger partial charge in [0.15, 0.2) is 0 Å². The highest BCUT2D eigenvalue weighted by atomic mass is 19.1. The molecule has 158 valence electrons. The van der Waals surface area contributed by atoms with Gasteiger partial charge in [-0.2, -0.15) is 0 Å². The topological polar surface area (TPSA) is 87.4 Å². The van der Waals surface area contributed by atoms with Crippen LogP contribution >= 0.6 is 0 Å². The molecule has 0 bridgehead atoms. The first-order valence-electron chi connectivity index (χ1n) is 9.99. The maximum atomic E-state index is 13.8. The van der Waals surface area contributed by atoms with Gasteiger partial charge in [-0.25, -0.2) is 14.2 Å². The fraction of sp³-hybridized carbons (Fsp3) is 0.381. The fourth-order valence-electron chi connectivity index (χ4n) is 3.79. The standard InChI is InChI=1S/C21H24FN5O3/c1-15-14-24-21(29)27(20(15)28)7-2-6-25-8-10-26(11-9-25)18-4-3-16(22)13-17(18)19-23-5-12-30-19/h3-5,12-14H,2,6-11H2,1H3,(H,24,29). The lowest BCUT2D eigenvalue weighted by atomic mass is 10.1. The van der Waals surface area contributed by atoms with Crippen molar-refractivity contribution in [3.63, 3.8) is 0 Å². The molecule has 1 fully saturated rings. The Bertz CT molecular complexity index is 1110. The Balaban J connectivity index is 1.36. The number of piperazine rings is 1. The Morgan fingerprint density at radius 3 is 2.70 bits per heavy atom. The molecule has 0 atom stereocenters. The Labute approximate surface area is 172 Å². The number of aryl methyl sites for hydroxylation is 1. The molecule has 9 heteroatoms. The van der Waals surface area contributed by atoms with Crippen LogP contribution in [0.15, 0.2) is 50.9 Å². The van der Waals surface area contributed by atoms with Gasteiger partial charge in [-0.3, -0.25) is 14.3 Å². The molecule has 3 aromatic rings. The number of hydrogen-bond acceptors (Lipinski definition) is 6. The van der Waals surface area contributed by atoms with Crippen molar-refractivity contribution in [2.24, 2.45) is 0 Å². The molecule has 0 radical (unpaired) electrons. The molecule has 0 unspecified atom stereocenters. The summed E-state index contributed by atoms with van der Waals surface area (Å²) < 4.78 is 20.4. The normalized spacial score (nSPS) is 14.9.